The standard InChI is InChI=1S/C9H14INO2S2/c1-7(2)8(6-10)11-15(12,13)9-4-3-5-14-9/h3-5,7-8,11H,6H2,1-2H3. The van der Waals surface area contributed by atoms with Gasteiger partial charge in [0.2, 0.25) is 10.0 Å². The number of thiophene rings is 1. The monoisotopic (exact) mass is 359 g/mol. The van der Waals surface area contributed by atoms with E-state index in [1.807, 2.05) is 13.8 Å². The molecule has 0 saturated carbocycles. The Balaban J connectivity index is 2.81. The van der Waals surface area contributed by atoms with Crippen molar-refractivity contribution < 1.29 is 8.42 Å². The molecule has 0 aliphatic rings. The molecule has 1 atom stereocenters. The first kappa shape index (κ1) is 13.4. The van der Waals surface area contributed by atoms with E-state index in [9.17, 15) is 8.42 Å². The van der Waals surface area contributed by atoms with Crippen molar-refractivity contribution >= 4 is 44.0 Å². The molecule has 0 aliphatic carbocycles. The Morgan fingerprint density at radius 2 is 2.20 bits per heavy atom. The van der Waals surface area contributed by atoms with E-state index in [4.69, 9.17) is 0 Å². The molecule has 0 saturated heterocycles. The van der Waals surface area contributed by atoms with Crippen molar-refractivity contribution in [3.05, 3.63) is 17.5 Å². The van der Waals surface area contributed by atoms with Gasteiger partial charge in [-0.2, -0.15) is 0 Å². The van der Waals surface area contributed by atoms with Gasteiger partial charge in [-0.05, 0) is 17.4 Å². The summed E-state index contributed by atoms with van der Waals surface area (Å²) in [4.78, 5) is 0. The summed E-state index contributed by atoms with van der Waals surface area (Å²) in [6, 6.07) is 3.36. The Morgan fingerprint density at radius 1 is 1.53 bits per heavy atom. The van der Waals surface area contributed by atoms with Gasteiger partial charge in [0.1, 0.15) is 4.21 Å². The van der Waals surface area contributed by atoms with E-state index in [0.717, 1.165) is 4.43 Å². The van der Waals surface area contributed by atoms with Crippen molar-refractivity contribution in [2.75, 3.05) is 4.43 Å². The van der Waals surface area contributed by atoms with Gasteiger partial charge in [0.05, 0.1) is 0 Å². The Bertz CT molecular complexity index is 386. The van der Waals surface area contributed by atoms with Crippen molar-refractivity contribution in [1.82, 2.24) is 4.72 Å². The van der Waals surface area contributed by atoms with E-state index in [2.05, 4.69) is 27.3 Å². The molecule has 1 heterocycles. The van der Waals surface area contributed by atoms with Crippen LogP contribution in [0.2, 0.25) is 0 Å². The van der Waals surface area contributed by atoms with Crippen LogP contribution in [0.25, 0.3) is 0 Å². The molecule has 1 N–H and O–H groups in total. The molecule has 0 fully saturated rings. The van der Waals surface area contributed by atoms with Gasteiger partial charge >= 0.3 is 0 Å². The fourth-order valence-electron chi connectivity index (χ4n) is 1.02. The third-order valence-corrected chi connectivity index (χ3v) is 5.87. The van der Waals surface area contributed by atoms with Gasteiger partial charge in [0.15, 0.2) is 0 Å². The molecule has 0 bridgehead atoms. The topological polar surface area (TPSA) is 46.2 Å². The number of rotatable bonds is 5. The van der Waals surface area contributed by atoms with E-state index < -0.39 is 10.0 Å². The van der Waals surface area contributed by atoms with E-state index in [1.165, 1.54) is 11.3 Å². The number of alkyl halides is 1. The second-order valence-electron chi connectivity index (χ2n) is 3.56. The van der Waals surface area contributed by atoms with Crippen molar-refractivity contribution in [3.63, 3.8) is 0 Å². The van der Waals surface area contributed by atoms with Crippen LogP contribution in [0, 0.1) is 5.92 Å². The van der Waals surface area contributed by atoms with Crippen molar-refractivity contribution in [3.8, 4) is 0 Å². The molecule has 15 heavy (non-hydrogen) atoms. The summed E-state index contributed by atoms with van der Waals surface area (Å²) in [6.45, 7) is 4.03. The maximum atomic E-state index is 11.9. The van der Waals surface area contributed by atoms with Crippen LogP contribution in [0.5, 0.6) is 0 Å². The summed E-state index contributed by atoms with van der Waals surface area (Å²) in [7, 11) is -3.31. The number of hydrogen-bond acceptors (Lipinski definition) is 3. The zero-order valence-corrected chi connectivity index (χ0v) is 12.4. The van der Waals surface area contributed by atoms with Crippen LogP contribution < -0.4 is 4.72 Å². The first-order valence-corrected chi connectivity index (χ1v) is 8.48. The molecule has 3 nitrogen and oxygen atoms in total. The highest BCUT2D eigenvalue weighted by atomic mass is 127. The molecule has 0 aromatic carbocycles. The summed E-state index contributed by atoms with van der Waals surface area (Å²) in [5, 5.41) is 1.77. The Kier molecular flexibility index (Phi) is 5.01. The van der Waals surface area contributed by atoms with Crippen LogP contribution in [0.15, 0.2) is 21.7 Å². The highest BCUT2D eigenvalue weighted by Crippen LogP contribution is 2.17. The van der Waals surface area contributed by atoms with Crippen LogP contribution >= 0.6 is 33.9 Å². The average molecular weight is 359 g/mol. The lowest BCUT2D eigenvalue weighted by atomic mass is 10.1. The van der Waals surface area contributed by atoms with Gasteiger partial charge in [0, 0.05) is 10.5 Å². The second kappa shape index (κ2) is 5.60. The van der Waals surface area contributed by atoms with Crippen LogP contribution in [0.3, 0.4) is 0 Å². The molecule has 0 spiro atoms. The first-order chi connectivity index (χ1) is 6.97. The Morgan fingerprint density at radius 3 is 2.60 bits per heavy atom. The van der Waals surface area contributed by atoms with Crippen molar-refractivity contribution in [1.29, 1.82) is 0 Å². The van der Waals surface area contributed by atoms with Crippen LogP contribution in [0.1, 0.15) is 13.8 Å². The van der Waals surface area contributed by atoms with E-state index in [0.29, 0.717) is 10.1 Å². The van der Waals surface area contributed by atoms with E-state index >= 15 is 0 Å². The summed E-state index contributed by atoms with van der Waals surface area (Å²) >= 11 is 3.44. The lowest BCUT2D eigenvalue weighted by molar-refractivity contribution is 0.487. The highest BCUT2D eigenvalue weighted by Gasteiger charge is 2.21. The SMILES string of the molecule is CC(C)C(CI)NS(=O)(=O)c1cccs1. The summed E-state index contributed by atoms with van der Waals surface area (Å²) in [5.74, 6) is 0.302. The molecule has 0 aliphatic heterocycles. The van der Waals surface area contributed by atoms with E-state index in [1.54, 1.807) is 17.5 Å². The third kappa shape index (κ3) is 3.69. The average Bonchev–Trinajstić information content (AvgIpc) is 2.67. The van der Waals surface area contributed by atoms with Gasteiger partial charge in [-0.15, -0.1) is 11.3 Å². The second-order valence-corrected chi connectivity index (χ2v) is 7.33. The molecule has 1 aromatic rings. The number of hydrogen-bond donors (Lipinski definition) is 1. The summed E-state index contributed by atoms with van der Waals surface area (Å²) in [6.07, 6.45) is 0. The summed E-state index contributed by atoms with van der Waals surface area (Å²) < 4.78 is 27.6. The normalized spacial score (nSPS) is 14.4. The Labute approximate surface area is 108 Å². The van der Waals surface area contributed by atoms with Crippen molar-refractivity contribution in [2.45, 2.75) is 24.1 Å². The van der Waals surface area contributed by atoms with Gasteiger partial charge in [-0.3, -0.25) is 0 Å². The molecular formula is C9H14INO2S2. The molecule has 0 radical (unpaired) electrons. The predicted octanol–water partition coefficient (Wildman–Crippen LogP) is 2.49. The van der Waals surface area contributed by atoms with Crippen LogP contribution in [-0.4, -0.2) is 18.9 Å². The van der Waals surface area contributed by atoms with Gasteiger partial charge in [-0.25, -0.2) is 13.1 Å². The molecule has 1 unspecified atom stereocenters. The van der Waals surface area contributed by atoms with Gasteiger partial charge in [0.25, 0.3) is 0 Å². The minimum Gasteiger partial charge on any atom is -0.206 e. The first-order valence-electron chi connectivity index (χ1n) is 4.59. The number of halogens is 1. The molecule has 86 valence electrons. The third-order valence-electron chi connectivity index (χ3n) is 2.04. The minimum absolute atomic E-state index is 0.00213. The van der Waals surface area contributed by atoms with Crippen LogP contribution in [-0.2, 0) is 10.0 Å². The highest BCUT2D eigenvalue weighted by molar-refractivity contribution is 14.1. The van der Waals surface area contributed by atoms with Gasteiger partial charge < -0.3 is 0 Å². The smallest absolute Gasteiger partial charge is 0.206 e. The lowest BCUT2D eigenvalue weighted by Gasteiger charge is -2.19. The fourth-order valence-corrected chi connectivity index (χ4v) is 4.95. The minimum atomic E-state index is -3.31. The quantitative estimate of drug-likeness (QED) is 0.649. The number of nitrogens with one attached hydrogen (secondary N) is 1. The zero-order chi connectivity index (χ0) is 11.5. The fraction of sp³-hybridized carbons (Fsp3) is 0.556. The maximum absolute atomic E-state index is 11.9. The lowest BCUT2D eigenvalue weighted by Crippen LogP contribution is -2.39. The van der Waals surface area contributed by atoms with Gasteiger partial charge in [-0.1, -0.05) is 42.5 Å². The van der Waals surface area contributed by atoms with E-state index in [-0.39, 0.29) is 6.04 Å². The molecule has 1 aromatic heterocycles. The van der Waals surface area contributed by atoms with Crippen molar-refractivity contribution in [2.24, 2.45) is 5.92 Å². The zero-order valence-electron chi connectivity index (χ0n) is 8.60. The maximum Gasteiger partial charge on any atom is 0.250 e. The summed E-state index contributed by atoms with van der Waals surface area (Å²) in [5.41, 5.74) is 0. The molecule has 1 rings (SSSR count). The number of sulfonamides is 1. The predicted molar refractivity (Wildman–Crippen MR) is 72.2 cm³/mol. The van der Waals surface area contributed by atoms with Crippen LogP contribution in [0.4, 0.5) is 0 Å². The molecular weight excluding hydrogens is 345 g/mol. The Hall–Kier alpha value is 0.340. The molecule has 6 heteroatoms. The molecule has 0 amide bonds. The largest absolute Gasteiger partial charge is 0.250 e.